The first-order valence-corrected chi connectivity index (χ1v) is 12.4. The number of carbonyl (C=O) groups excluding carboxylic acids is 2. The van der Waals surface area contributed by atoms with Gasteiger partial charge in [0.1, 0.15) is 11.3 Å². The number of oxazole rings is 1. The minimum atomic E-state index is -0.0325. The molecule has 2 heterocycles. The molecule has 0 unspecified atom stereocenters. The number of benzene rings is 3. The van der Waals surface area contributed by atoms with Gasteiger partial charge >= 0.3 is 0 Å². The Hall–Kier alpha value is -3.78. The molecule has 1 aliphatic rings. The molecule has 3 aromatic carbocycles. The van der Waals surface area contributed by atoms with E-state index in [2.05, 4.69) is 4.98 Å². The number of rotatable bonds is 6. The zero-order valence-corrected chi connectivity index (χ0v) is 20.2. The lowest BCUT2D eigenvalue weighted by Gasteiger charge is -2.35. The highest BCUT2D eigenvalue weighted by Crippen LogP contribution is 2.28. The predicted octanol–water partition coefficient (Wildman–Crippen LogP) is 4.73. The number of hydrogen-bond acceptors (Lipinski definition) is 6. The van der Waals surface area contributed by atoms with Crippen LogP contribution in [0.2, 0.25) is 0 Å². The Kier molecular flexibility index (Phi) is 6.72. The van der Waals surface area contributed by atoms with Gasteiger partial charge in [0.05, 0.1) is 7.11 Å². The van der Waals surface area contributed by atoms with Crippen LogP contribution in [0, 0.1) is 0 Å². The van der Waals surface area contributed by atoms with Crippen LogP contribution in [0.1, 0.15) is 26.3 Å². The van der Waals surface area contributed by atoms with Crippen LogP contribution < -0.4 is 4.74 Å². The monoisotopic (exact) mass is 487 g/mol. The fourth-order valence-corrected chi connectivity index (χ4v) is 4.95. The molecule has 0 spiro atoms. The summed E-state index contributed by atoms with van der Waals surface area (Å²) in [7, 11) is 1.60. The zero-order chi connectivity index (χ0) is 24.2. The molecule has 1 saturated heterocycles. The van der Waals surface area contributed by atoms with E-state index in [1.165, 1.54) is 11.8 Å². The first-order valence-electron chi connectivity index (χ1n) is 11.4. The number of aromatic nitrogens is 1. The Balaban J connectivity index is 1.22. The molecule has 0 N–H and O–H groups in total. The largest absolute Gasteiger partial charge is 0.497 e. The molecule has 1 aliphatic heterocycles. The summed E-state index contributed by atoms with van der Waals surface area (Å²) in [4.78, 5) is 34.3. The fraction of sp³-hybridized carbons (Fsp3) is 0.222. The van der Waals surface area contributed by atoms with Crippen molar-refractivity contribution in [2.45, 2.75) is 11.0 Å². The van der Waals surface area contributed by atoms with Gasteiger partial charge in [0.15, 0.2) is 5.58 Å². The Morgan fingerprint density at radius 3 is 2.26 bits per heavy atom. The quantitative estimate of drug-likeness (QED) is 0.366. The van der Waals surface area contributed by atoms with Crippen LogP contribution in [0.5, 0.6) is 5.75 Å². The summed E-state index contributed by atoms with van der Waals surface area (Å²) in [5.41, 5.74) is 3.79. The molecule has 8 heteroatoms. The highest BCUT2D eigenvalue weighted by atomic mass is 32.2. The Morgan fingerprint density at radius 1 is 0.886 bits per heavy atom. The van der Waals surface area contributed by atoms with Gasteiger partial charge < -0.3 is 19.0 Å². The van der Waals surface area contributed by atoms with Crippen molar-refractivity contribution < 1.29 is 18.7 Å². The van der Waals surface area contributed by atoms with Crippen LogP contribution in [0.15, 0.2) is 82.4 Å². The van der Waals surface area contributed by atoms with Crippen LogP contribution in [0.4, 0.5) is 0 Å². The number of nitrogens with zero attached hydrogens (tertiary/aromatic N) is 3. The lowest BCUT2D eigenvalue weighted by Crippen LogP contribution is -2.50. The summed E-state index contributed by atoms with van der Waals surface area (Å²) in [6.07, 6.45) is 0. The van der Waals surface area contributed by atoms with Crippen molar-refractivity contribution in [3.05, 3.63) is 89.5 Å². The van der Waals surface area contributed by atoms with Crippen molar-refractivity contribution in [2.24, 2.45) is 0 Å². The van der Waals surface area contributed by atoms with Crippen LogP contribution in [-0.2, 0) is 5.75 Å². The SMILES string of the molecule is COc1ccc(C(=O)N2CCN(C(=O)c3ccccc3CSc3nc4ccccc4o3)CC2)cc1. The standard InChI is InChI=1S/C27H25N3O4S/c1-33-21-12-10-19(11-13-21)25(31)29-14-16-30(17-15-29)26(32)22-7-3-2-6-20(22)18-35-27-28-23-8-4-5-9-24(23)34-27/h2-13H,14-18H2,1H3. The number of amides is 2. The second kappa shape index (κ2) is 10.2. The predicted molar refractivity (Wildman–Crippen MR) is 135 cm³/mol. The van der Waals surface area contributed by atoms with Crippen molar-refractivity contribution in [1.82, 2.24) is 14.8 Å². The van der Waals surface area contributed by atoms with Crippen LogP contribution in [-0.4, -0.2) is 59.9 Å². The fourth-order valence-electron chi connectivity index (χ4n) is 4.11. The maximum Gasteiger partial charge on any atom is 0.257 e. The first kappa shape index (κ1) is 23.0. The second-order valence-electron chi connectivity index (χ2n) is 8.21. The maximum absolute atomic E-state index is 13.4. The molecule has 35 heavy (non-hydrogen) atoms. The van der Waals surface area contributed by atoms with E-state index in [0.29, 0.717) is 54.0 Å². The van der Waals surface area contributed by atoms with Crippen molar-refractivity contribution in [3.8, 4) is 5.75 Å². The molecule has 1 fully saturated rings. The van der Waals surface area contributed by atoms with Gasteiger partial charge in [0, 0.05) is 43.1 Å². The molecule has 0 radical (unpaired) electrons. The summed E-state index contributed by atoms with van der Waals surface area (Å²) in [6, 6.07) is 22.4. The molecule has 2 amide bonds. The van der Waals surface area contributed by atoms with Gasteiger partial charge in [-0.25, -0.2) is 4.98 Å². The molecular formula is C27H25N3O4S. The van der Waals surface area contributed by atoms with Gasteiger partial charge in [-0.15, -0.1) is 0 Å². The van der Waals surface area contributed by atoms with Gasteiger partial charge in [-0.05, 0) is 48.0 Å². The summed E-state index contributed by atoms with van der Waals surface area (Å²) in [5.74, 6) is 1.24. The maximum atomic E-state index is 13.4. The van der Waals surface area contributed by atoms with Crippen molar-refractivity contribution in [3.63, 3.8) is 0 Å². The number of carbonyl (C=O) groups is 2. The zero-order valence-electron chi connectivity index (χ0n) is 19.3. The lowest BCUT2D eigenvalue weighted by molar-refractivity contribution is 0.0535. The third kappa shape index (κ3) is 5.02. The van der Waals surface area contributed by atoms with E-state index >= 15 is 0 Å². The molecule has 0 atom stereocenters. The smallest absolute Gasteiger partial charge is 0.257 e. The molecule has 5 rings (SSSR count). The normalized spacial score (nSPS) is 13.7. The number of methoxy groups -OCH3 is 1. The first-order chi connectivity index (χ1) is 17.1. The average Bonchev–Trinajstić information content (AvgIpc) is 3.34. The van der Waals surface area contributed by atoms with Crippen molar-refractivity contribution in [2.75, 3.05) is 33.3 Å². The molecule has 1 aromatic heterocycles. The Bertz CT molecular complexity index is 1310. The number of hydrogen-bond donors (Lipinski definition) is 0. The van der Waals surface area contributed by atoms with E-state index < -0.39 is 0 Å². The number of thioether (sulfide) groups is 1. The highest BCUT2D eigenvalue weighted by molar-refractivity contribution is 7.98. The summed E-state index contributed by atoms with van der Waals surface area (Å²) >= 11 is 1.47. The van der Waals surface area contributed by atoms with Gasteiger partial charge in [0.2, 0.25) is 0 Å². The molecule has 0 aliphatic carbocycles. The number of piperazine rings is 1. The number of para-hydroxylation sites is 2. The third-order valence-corrected chi connectivity index (χ3v) is 6.94. The third-order valence-electron chi connectivity index (χ3n) is 6.06. The van der Waals surface area contributed by atoms with E-state index in [1.807, 2.05) is 53.4 Å². The highest BCUT2D eigenvalue weighted by Gasteiger charge is 2.26. The van der Waals surface area contributed by atoms with E-state index in [4.69, 9.17) is 9.15 Å². The molecule has 0 bridgehead atoms. The van der Waals surface area contributed by atoms with Gasteiger partial charge in [0.25, 0.3) is 17.0 Å². The van der Waals surface area contributed by atoms with Gasteiger partial charge in [-0.1, -0.05) is 42.1 Å². The minimum absolute atomic E-state index is 0.0182. The van der Waals surface area contributed by atoms with Gasteiger partial charge in [-0.2, -0.15) is 0 Å². The second-order valence-corrected chi connectivity index (χ2v) is 9.13. The van der Waals surface area contributed by atoms with Crippen molar-refractivity contribution >= 4 is 34.7 Å². The van der Waals surface area contributed by atoms with Crippen molar-refractivity contribution in [1.29, 1.82) is 0 Å². The summed E-state index contributed by atoms with van der Waals surface area (Å²) in [6.45, 7) is 1.98. The molecule has 7 nitrogen and oxygen atoms in total. The Morgan fingerprint density at radius 2 is 1.54 bits per heavy atom. The minimum Gasteiger partial charge on any atom is -0.497 e. The topological polar surface area (TPSA) is 75.9 Å². The average molecular weight is 488 g/mol. The van der Waals surface area contributed by atoms with E-state index in [9.17, 15) is 9.59 Å². The molecular weight excluding hydrogens is 462 g/mol. The number of ether oxygens (including phenoxy) is 1. The van der Waals surface area contributed by atoms with E-state index in [1.54, 1.807) is 36.3 Å². The van der Waals surface area contributed by atoms with Crippen LogP contribution >= 0.6 is 11.8 Å². The molecule has 178 valence electrons. The lowest BCUT2D eigenvalue weighted by atomic mass is 10.1. The molecule has 4 aromatic rings. The summed E-state index contributed by atoms with van der Waals surface area (Å²) in [5, 5.41) is 0.583. The van der Waals surface area contributed by atoms with Crippen LogP contribution in [0.25, 0.3) is 11.1 Å². The number of fused-ring (bicyclic) bond motifs is 1. The van der Waals surface area contributed by atoms with E-state index in [-0.39, 0.29) is 11.8 Å². The van der Waals surface area contributed by atoms with Crippen LogP contribution in [0.3, 0.4) is 0 Å². The Labute approximate surface area is 207 Å². The summed E-state index contributed by atoms with van der Waals surface area (Å²) < 4.78 is 11.0. The van der Waals surface area contributed by atoms with E-state index in [0.717, 1.165) is 16.7 Å². The van der Waals surface area contributed by atoms with Gasteiger partial charge in [-0.3, -0.25) is 9.59 Å². The molecule has 0 saturated carbocycles.